The molecule has 1 aromatic heterocycles. The van der Waals surface area contributed by atoms with Gasteiger partial charge in [0, 0.05) is 12.8 Å². The number of ether oxygens (including phenoxy) is 2. The number of hydrogen-bond acceptors (Lipinski definition) is 7. The van der Waals surface area contributed by atoms with Gasteiger partial charge in [-0.3, -0.25) is 14.4 Å². The van der Waals surface area contributed by atoms with Crippen LogP contribution in [0.4, 0.5) is 5.69 Å². The molecule has 1 aliphatic heterocycles. The fourth-order valence-electron chi connectivity index (χ4n) is 3.39. The fourth-order valence-corrected chi connectivity index (χ4v) is 3.39. The number of rotatable bonds is 6. The maximum Gasteiger partial charge on any atom is 0.340 e. The fraction of sp³-hybridized carbons (Fsp3) is 0.364. The minimum atomic E-state index is -0.563. The van der Waals surface area contributed by atoms with E-state index in [4.69, 9.17) is 9.47 Å². The predicted molar refractivity (Wildman–Crippen MR) is 110 cm³/mol. The number of esters is 1. The highest BCUT2D eigenvalue weighted by molar-refractivity contribution is 5.97. The summed E-state index contributed by atoms with van der Waals surface area (Å²) in [6.07, 6.45) is 2.82. The smallest absolute Gasteiger partial charge is 0.340 e. The quantitative estimate of drug-likeness (QED) is 0.580. The van der Waals surface area contributed by atoms with Gasteiger partial charge in [0.15, 0.2) is 0 Å². The molecule has 1 aliphatic rings. The largest absolute Gasteiger partial charge is 0.494 e. The lowest BCUT2D eigenvalue weighted by Gasteiger charge is -2.17. The molecule has 0 unspecified atom stereocenters. The Morgan fingerprint density at radius 3 is 2.90 bits per heavy atom. The molecule has 1 fully saturated rings. The highest BCUT2D eigenvalue weighted by atomic mass is 16.5. The van der Waals surface area contributed by atoms with Crippen LogP contribution >= 0.6 is 0 Å². The summed E-state index contributed by atoms with van der Waals surface area (Å²) >= 11 is 0. The second-order valence-corrected chi connectivity index (χ2v) is 6.90. The average molecular weight is 409 g/mol. The molecule has 0 saturated carbocycles. The summed E-state index contributed by atoms with van der Waals surface area (Å²) in [7, 11) is 0. The van der Waals surface area contributed by atoms with Crippen molar-refractivity contribution < 1.29 is 19.4 Å². The maximum absolute atomic E-state index is 12.7. The van der Waals surface area contributed by atoms with Crippen molar-refractivity contribution in [2.24, 2.45) is 4.99 Å². The second kappa shape index (κ2) is 9.37. The lowest BCUT2D eigenvalue weighted by molar-refractivity contribution is 0.0527. The highest BCUT2D eigenvalue weighted by Crippen LogP contribution is 2.25. The molecular formula is C22H23N3O5. The van der Waals surface area contributed by atoms with E-state index >= 15 is 0 Å². The van der Waals surface area contributed by atoms with Gasteiger partial charge < -0.3 is 14.6 Å². The van der Waals surface area contributed by atoms with E-state index < -0.39 is 11.5 Å². The molecule has 0 aliphatic carbocycles. The summed E-state index contributed by atoms with van der Waals surface area (Å²) < 4.78 is 11.8. The summed E-state index contributed by atoms with van der Waals surface area (Å²) in [6.45, 7) is 4.28. The standard InChI is InChI=1S/C22H23N3O5/c1-3-29-22(28)16-8-4-5-9-19(16)24-12-18-14(2)17(11-23)20(26)25(21(18)27)13-15-7-6-10-30-15/h4-5,8-9,12,15,27H,3,6-7,10,13H2,1-2H3/t15-/m0/s1. The third-order valence-corrected chi connectivity index (χ3v) is 4.99. The van der Waals surface area contributed by atoms with Crippen molar-refractivity contribution in [2.75, 3.05) is 13.2 Å². The Kier molecular flexibility index (Phi) is 6.65. The van der Waals surface area contributed by atoms with Gasteiger partial charge in [-0.1, -0.05) is 12.1 Å². The van der Waals surface area contributed by atoms with Gasteiger partial charge in [0.05, 0.1) is 36.1 Å². The number of carbonyl (C=O) groups is 1. The van der Waals surface area contributed by atoms with E-state index in [2.05, 4.69) is 4.99 Å². The summed E-state index contributed by atoms with van der Waals surface area (Å²) in [5.41, 5.74) is 0.563. The molecule has 2 aromatic rings. The van der Waals surface area contributed by atoms with Crippen LogP contribution in [0.1, 0.15) is 46.8 Å². The molecule has 3 rings (SSSR count). The predicted octanol–water partition coefficient (Wildman–Crippen LogP) is 2.84. The van der Waals surface area contributed by atoms with Crippen LogP contribution in [0.15, 0.2) is 34.1 Å². The van der Waals surface area contributed by atoms with E-state index in [9.17, 15) is 20.0 Å². The molecule has 8 heteroatoms. The van der Waals surface area contributed by atoms with E-state index in [1.807, 2.05) is 6.07 Å². The highest BCUT2D eigenvalue weighted by Gasteiger charge is 2.23. The zero-order valence-electron chi connectivity index (χ0n) is 16.9. The van der Waals surface area contributed by atoms with Crippen LogP contribution in [0.2, 0.25) is 0 Å². The van der Waals surface area contributed by atoms with Crippen LogP contribution in [0, 0.1) is 18.3 Å². The topological polar surface area (TPSA) is 114 Å². The minimum absolute atomic E-state index is 0.0640. The molecule has 30 heavy (non-hydrogen) atoms. The van der Waals surface area contributed by atoms with E-state index in [0.29, 0.717) is 17.9 Å². The van der Waals surface area contributed by atoms with Crippen LogP contribution in [0.3, 0.4) is 0 Å². The van der Waals surface area contributed by atoms with Crippen LogP contribution in [-0.4, -0.2) is 41.2 Å². The Labute approximate surface area is 174 Å². The van der Waals surface area contributed by atoms with Crippen molar-refractivity contribution in [1.29, 1.82) is 5.26 Å². The zero-order chi connectivity index (χ0) is 21.7. The first-order valence-electron chi connectivity index (χ1n) is 9.76. The second-order valence-electron chi connectivity index (χ2n) is 6.90. The monoisotopic (exact) mass is 409 g/mol. The number of aromatic nitrogens is 1. The van der Waals surface area contributed by atoms with Gasteiger partial charge in [0.1, 0.15) is 11.6 Å². The summed E-state index contributed by atoms with van der Waals surface area (Å²) in [4.78, 5) is 29.2. The van der Waals surface area contributed by atoms with Crippen LogP contribution in [0.25, 0.3) is 0 Å². The molecule has 1 N–H and O–H groups in total. The number of aliphatic imine (C=N–C) groups is 1. The first kappa shape index (κ1) is 21.3. The van der Waals surface area contributed by atoms with Crippen molar-refractivity contribution in [3.05, 3.63) is 56.9 Å². The number of hydrogen-bond donors (Lipinski definition) is 1. The number of pyridine rings is 1. The van der Waals surface area contributed by atoms with Crippen molar-refractivity contribution in [3.63, 3.8) is 0 Å². The Balaban J connectivity index is 2.05. The molecule has 2 heterocycles. The van der Waals surface area contributed by atoms with E-state index in [-0.39, 0.29) is 41.8 Å². The van der Waals surface area contributed by atoms with Crippen molar-refractivity contribution in [2.45, 2.75) is 39.3 Å². The first-order chi connectivity index (χ1) is 14.5. The average Bonchev–Trinajstić information content (AvgIpc) is 3.25. The van der Waals surface area contributed by atoms with Crippen molar-refractivity contribution in [1.82, 2.24) is 4.57 Å². The van der Waals surface area contributed by atoms with Gasteiger partial charge in [-0.25, -0.2) is 4.79 Å². The molecule has 0 spiro atoms. The molecule has 1 saturated heterocycles. The molecule has 156 valence electrons. The number of aromatic hydroxyl groups is 1. The number of carbonyl (C=O) groups excluding carboxylic acids is 1. The normalized spacial score (nSPS) is 16.0. The van der Waals surface area contributed by atoms with Crippen molar-refractivity contribution >= 4 is 17.9 Å². The van der Waals surface area contributed by atoms with E-state index in [1.54, 1.807) is 38.1 Å². The molecule has 0 radical (unpaired) electrons. The van der Waals surface area contributed by atoms with Crippen molar-refractivity contribution in [3.8, 4) is 11.9 Å². The summed E-state index contributed by atoms with van der Waals surface area (Å²) in [5.74, 6) is -0.795. The van der Waals surface area contributed by atoms with E-state index in [0.717, 1.165) is 17.4 Å². The molecule has 0 bridgehead atoms. The number of nitriles is 1. The van der Waals surface area contributed by atoms with Crippen LogP contribution in [-0.2, 0) is 16.0 Å². The lowest BCUT2D eigenvalue weighted by atomic mass is 10.1. The van der Waals surface area contributed by atoms with Gasteiger partial charge in [0.2, 0.25) is 5.88 Å². The lowest BCUT2D eigenvalue weighted by Crippen LogP contribution is -2.29. The van der Waals surface area contributed by atoms with Crippen LogP contribution < -0.4 is 5.56 Å². The van der Waals surface area contributed by atoms with Gasteiger partial charge in [0.25, 0.3) is 5.56 Å². The third kappa shape index (κ3) is 4.26. The van der Waals surface area contributed by atoms with Gasteiger partial charge in [-0.15, -0.1) is 0 Å². The van der Waals surface area contributed by atoms with E-state index in [1.165, 1.54) is 6.21 Å². The molecule has 0 amide bonds. The Morgan fingerprint density at radius 2 is 2.23 bits per heavy atom. The SMILES string of the molecule is CCOC(=O)c1ccccc1N=Cc1c(C)c(C#N)c(=O)n(C[C@@H]2CCCO2)c1O. The maximum atomic E-state index is 12.7. The molecule has 8 nitrogen and oxygen atoms in total. The number of para-hydroxylation sites is 1. The zero-order valence-corrected chi connectivity index (χ0v) is 16.9. The Bertz CT molecular complexity index is 1080. The minimum Gasteiger partial charge on any atom is -0.494 e. The molecular weight excluding hydrogens is 386 g/mol. The third-order valence-electron chi connectivity index (χ3n) is 4.99. The first-order valence-corrected chi connectivity index (χ1v) is 9.76. The van der Waals surface area contributed by atoms with Gasteiger partial charge in [-0.05, 0) is 44.4 Å². The van der Waals surface area contributed by atoms with Crippen LogP contribution in [0.5, 0.6) is 5.88 Å². The Morgan fingerprint density at radius 1 is 1.47 bits per heavy atom. The number of nitrogens with zero attached hydrogens (tertiary/aromatic N) is 3. The summed E-state index contributed by atoms with van der Waals surface area (Å²) in [5, 5.41) is 20.3. The van der Waals surface area contributed by atoms with Gasteiger partial charge in [-0.2, -0.15) is 5.26 Å². The number of benzene rings is 1. The summed E-state index contributed by atoms with van der Waals surface area (Å²) in [6, 6.07) is 8.58. The molecule has 1 aromatic carbocycles. The van der Waals surface area contributed by atoms with Gasteiger partial charge >= 0.3 is 5.97 Å². The molecule has 1 atom stereocenters. The Hall–Kier alpha value is -3.44.